The topological polar surface area (TPSA) is 67.4 Å². The standard InChI is InChI=1S/C14H20N2O3/c1-9(2)11-5-7-12(8-6-11)19-10(3)13(17)16-14(18)15-4/h5-10H,1-4H3,(H2,15,16,17,18). The van der Waals surface area contributed by atoms with Gasteiger partial charge in [-0.25, -0.2) is 4.79 Å². The Bertz CT molecular complexity index is 441. The number of rotatable bonds is 4. The van der Waals surface area contributed by atoms with E-state index in [0.717, 1.165) is 0 Å². The summed E-state index contributed by atoms with van der Waals surface area (Å²) in [6, 6.07) is 7.01. The maximum atomic E-state index is 11.6. The van der Waals surface area contributed by atoms with E-state index in [1.54, 1.807) is 6.92 Å². The van der Waals surface area contributed by atoms with Crippen molar-refractivity contribution in [2.45, 2.75) is 32.8 Å². The number of hydrogen-bond donors (Lipinski definition) is 2. The monoisotopic (exact) mass is 264 g/mol. The van der Waals surface area contributed by atoms with Crippen molar-refractivity contribution in [2.75, 3.05) is 7.05 Å². The van der Waals surface area contributed by atoms with Gasteiger partial charge in [0.1, 0.15) is 5.75 Å². The molecule has 0 radical (unpaired) electrons. The average molecular weight is 264 g/mol. The van der Waals surface area contributed by atoms with E-state index < -0.39 is 18.0 Å². The van der Waals surface area contributed by atoms with E-state index >= 15 is 0 Å². The van der Waals surface area contributed by atoms with Crippen LogP contribution in [0.15, 0.2) is 24.3 Å². The first kappa shape index (κ1) is 15.0. The van der Waals surface area contributed by atoms with Crippen molar-refractivity contribution >= 4 is 11.9 Å². The molecule has 0 aliphatic heterocycles. The minimum absolute atomic E-state index is 0.447. The van der Waals surface area contributed by atoms with Crippen molar-refractivity contribution in [3.63, 3.8) is 0 Å². The fourth-order valence-corrected chi connectivity index (χ4v) is 1.46. The van der Waals surface area contributed by atoms with Crippen molar-refractivity contribution in [2.24, 2.45) is 0 Å². The summed E-state index contributed by atoms with van der Waals surface area (Å²) in [5.41, 5.74) is 1.20. The van der Waals surface area contributed by atoms with Gasteiger partial charge in [-0.2, -0.15) is 0 Å². The van der Waals surface area contributed by atoms with Crippen LogP contribution < -0.4 is 15.4 Å². The van der Waals surface area contributed by atoms with Gasteiger partial charge in [0, 0.05) is 7.05 Å². The van der Waals surface area contributed by atoms with Crippen molar-refractivity contribution in [3.05, 3.63) is 29.8 Å². The Morgan fingerprint density at radius 3 is 2.16 bits per heavy atom. The lowest BCUT2D eigenvalue weighted by Gasteiger charge is -2.14. The van der Waals surface area contributed by atoms with Crippen LogP contribution in [0.2, 0.25) is 0 Å². The Balaban J connectivity index is 2.58. The second-order valence-corrected chi connectivity index (χ2v) is 4.55. The average Bonchev–Trinajstić information content (AvgIpc) is 2.38. The van der Waals surface area contributed by atoms with Crippen molar-refractivity contribution in [1.29, 1.82) is 0 Å². The number of carbonyl (C=O) groups is 2. The summed E-state index contributed by atoms with van der Waals surface area (Å²) in [5.74, 6) is 0.569. The molecule has 0 heterocycles. The molecule has 104 valence electrons. The smallest absolute Gasteiger partial charge is 0.321 e. The van der Waals surface area contributed by atoms with Gasteiger partial charge < -0.3 is 10.1 Å². The Morgan fingerprint density at radius 2 is 1.68 bits per heavy atom. The van der Waals surface area contributed by atoms with Crippen molar-refractivity contribution in [1.82, 2.24) is 10.6 Å². The first-order chi connectivity index (χ1) is 8.93. The minimum Gasteiger partial charge on any atom is -0.481 e. The first-order valence-electron chi connectivity index (χ1n) is 6.23. The number of hydrogen-bond acceptors (Lipinski definition) is 3. The maximum Gasteiger partial charge on any atom is 0.321 e. The number of carbonyl (C=O) groups excluding carboxylic acids is 2. The van der Waals surface area contributed by atoms with Crippen LogP contribution in [0.3, 0.4) is 0 Å². The van der Waals surface area contributed by atoms with E-state index in [1.165, 1.54) is 12.6 Å². The van der Waals surface area contributed by atoms with Gasteiger partial charge in [-0.15, -0.1) is 0 Å². The second-order valence-electron chi connectivity index (χ2n) is 4.55. The van der Waals surface area contributed by atoms with Crippen LogP contribution in [0.5, 0.6) is 5.75 Å². The Hall–Kier alpha value is -2.04. The van der Waals surface area contributed by atoms with Crippen LogP contribution in [0.4, 0.5) is 4.79 Å². The quantitative estimate of drug-likeness (QED) is 0.874. The second kappa shape index (κ2) is 6.78. The molecule has 1 atom stereocenters. The molecule has 5 heteroatoms. The molecule has 0 aliphatic rings. The van der Waals surface area contributed by atoms with E-state index in [0.29, 0.717) is 11.7 Å². The summed E-state index contributed by atoms with van der Waals surface area (Å²) >= 11 is 0. The number of nitrogens with one attached hydrogen (secondary N) is 2. The molecule has 0 fully saturated rings. The maximum absolute atomic E-state index is 11.6. The molecule has 19 heavy (non-hydrogen) atoms. The van der Waals surface area contributed by atoms with Gasteiger partial charge >= 0.3 is 6.03 Å². The molecule has 1 rings (SSSR count). The highest BCUT2D eigenvalue weighted by Crippen LogP contribution is 2.19. The molecule has 1 aromatic carbocycles. The number of imide groups is 1. The van der Waals surface area contributed by atoms with Gasteiger partial charge in [0.25, 0.3) is 5.91 Å². The molecule has 0 aromatic heterocycles. The summed E-state index contributed by atoms with van der Waals surface area (Å²) in [6.45, 7) is 5.80. The van der Waals surface area contributed by atoms with Crippen LogP contribution >= 0.6 is 0 Å². The molecular formula is C14H20N2O3. The summed E-state index contributed by atoms with van der Waals surface area (Å²) in [7, 11) is 1.44. The largest absolute Gasteiger partial charge is 0.481 e. The SMILES string of the molecule is CNC(=O)NC(=O)C(C)Oc1ccc(C(C)C)cc1. The van der Waals surface area contributed by atoms with E-state index in [2.05, 4.69) is 24.5 Å². The highest BCUT2D eigenvalue weighted by atomic mass is 16.5. The van der Waals surface area contributed by atoms with Gasteiger partial charge in [-0.3, -0.25) is 10.1 Å². The molecule has 1 aromatic rings. The van der Waals surface area contributed by atoms with E-state index in [9.17, 15) is 9.59 Å². The third-order valence-electron chi connectivity index (χ3n) is 2.69. The zero-order chi connectivity index (χ0) is 14.4. The minimum atomic E-state index is -0.734. The predicted molar refractivity (Wildman–Crippen MR) is 73.2 cm³/mol. The molecule has 0 saturated heterocycles. The third kappa shape index (κ3) is 4.62. The number of benzene rings is 1. The zero-order valence-electron chi connectivity index (χ0n) is 11.7. The Morgan fingerprint density at radius 1 is 1.11 bits per heavy atom. The molecule has 2 N–H and O–H groups in total. The summed E-state index contributed by atoms with van der Waals surface area (Å²) < 4.78 is 5.46. The van der Waals surface area contributed by atoms with E-state index in [-0.39, 0.29) is 0 Å². The fraction of sp³-hybridized carbons (Fsp3) is 0.429. The van der Waals surface area contributed by atoms with Gasteiger partial charge in [-0.05, 0) is 30.5 Å². The van der Waals surface area contributed by atoms with Crippen molar-refractivity contribution in [3.8, 4) is 5.75 Å². The molecule has 0 saturated carbocycles. The predicted octanol–water partition coefficient (Wildman–Crippen LogP) is 2.03. The van der Waals surface area contributed by atoms with Crippen LogP contribution in [-0.2, 0) is 4.79 Å². The summed E-state index contributed by atoms with van der Waals surface area (Å²) in [5, 5.41) is 4.47. The molecule has 0 aliphatic carbocycles. The van der Waals surface area contributed by atoms with Crippen LogP contribution in [0.1, 0.15) is 32.3 Å². The van der Waals surface area contributed by atoms with Gasteiger partial charge in [0.15, 0.2) is 6.10 Å². The number of amides is 3. The number of urea groups is 1. The fourth-order valence-electron chi connectivity index (χ4n) is 1.46. The Kier molecular flexibility index (Phi) is 5.36. The highest BCUT2D eigenvalue weighted by Gasteiger charge is 2.16. The Labute approximate surface area is 113 Å². The molecule has 1 unspecified atom stereocenters. The van der Waals surface area contributed by atoms with Gasteiger partial charge in [0.2, 0.25) is 0 Å². The van der Waals surface area contributed by atoms with E-state index in [4.69, 9.17) is 4.74 Å². The normalized spacial score (nSPS) is 11.8. The van der Waals surface area contributed by atoms with Gasteiger partial charge in [-0.1, -0.05) is 26.0 Å². The molecule has 0 spiro atoms. The zero-order valence-corrected chi connectivity index (χ0v) is 11.7. The number of ether oxygens (including phenoxy) is 1. The molecule has 5 nitrogen and oxygen atoms in total. The molecule has 0 bridgehead atoms. The molecule has 3 amide bonds. The lowest BCUT2D eigenvalue weighted by atomic mass is 10.0. The molecular weight excluding hydrogens is 244 g/mol. The van der Waals surface area contributed by atoms with Crippen LogP contribution in [0, 0.1) is 0 Å². The summed E-state index contributed by atoms with van der Waals surface area (Å²) in [4.78, 5) is 22.6. The van der Waals surface area contributed by atoms with Crippen LogP contribution in [0.25, 0.3) is 0 Å². The van der Waals surface area contributed by atoms with Gasteiger partial charge in [0.05, 0.1) is 0 Å². The van der Waals surface area contributed by atoms with Crippen molar-refractivity contribution < 1.29 is 14.3 Å². The first-order valence-corrected chi connectivity index (χ1v) is 6.23. The third-order valence-corrected chi connectivity index (χ3v) is 2.69. The lowest BCUT2D eigenvalue weighted by molar-refractivity contribution is -0.126. The lowest BCUT2D eigenvalue weighted by Crippen LogP contribution is -2.43. The highest BCUT2D eigenvalue weighted by molar-refractivity contribution is 5.96. The summed E-state index contributed by atoms with van der Waals surface area (Å²) in [6.07, 6.45) is -0.734. The van der Waals surface area contributed by atoms with Crippen LogP contribution in [-0.4, -0.2) is 25.1 Å². The van der Waals surface area contributed by atoms with E-state index in [1.807, 2.05) is 24.3 Å².